The van der Waals surface area contributed by atoms with E-state index in [2.05, 4.69) is 0 Å². The number of carbonyl (C=O) groups excluding carboxylic acids is 2. The zero-order valence-corrected chi connectivity index (χ0v) is 7.97. The van der Waals surface area contributed by atoms with Crippen LogP contribution in [0, 0.1) is 22.7 Å². The highest BCUT2D eigenvalue weighted by atomic mass is 16.2. The van der Waals surface area contributed by atoms with Crippen molar-refractivity contribution in [1.82, 2.24) is 0 Å². The van der Waals surface area contributed by atoms with Crippen LogP contribution >= 0.6 is 0 Å². The summed E-state index contributed by atoms with van der Waals surface area (Å²) >= 11 is 0. The van der Waals surface area contributed by atoms with Gasteiger partial charge in [-0.15, -0.1) is 0 Å². The second-order valence-electron chi connectivity index (χ2n) is 5.13. The Morgan fingerprint density at radius 3 is 1.50 bits per heavy atom. The highest BCUT2D eigenvalue weighted by Gasteiger charge is 2.74. The van der Waals surface area contributed by atoms with Crippen molar-refractivity contribution in [3.63, 3.8) is 0 Å². The van der Waals surface area contributed by atoms with Crippen LogP contribution in [0.15, 0.2) is 0 Å². The van der Waals surface area contributed by atoms with Gasteiger partial charge in [0.2, 0.25) is 0 Å². The van der Waals surface area contributed by atoms with Crippen LogP contribution in [-0.2, 0) is 9.59 Å². The lowest BCUT2D eigenvalue weighted by molar-refractivity contribution is -0.136. The van der Waals surface area contributed by atoms with Gasteiger partial charge in [0.05, 0.1) is 5.41 Å². The van der Waals surface area contributed by atoms with Gasteiger partial charge < -0.3 is 0 Å². The van der Waals surface area contributed by atoms with Crippen LogP contribution in [0.25, 0.3) is 0 Å². The van der Waals surface area contributed by atoms with E-state index in [4.69, 9.17) is 0 Å². The third-order valence-corrected chi connectivity index (χ3v) is 3.62. The third-order valence-electron chi connectivity index (χ3n) is 3.62. The van der Waals surface area contributed by atoms with Gasteiger partial charge >= 0.3 is 0 Å². The maximum Gasteiger partial charge on any atom is 0.150 e. The van der Waals surface area contributed by atoms with E-state index >= 15 is 0 Å². The molecule has 0 bridgehead atoms. The normalized spacial score (nSPS) is 41.3. The molecule has 12 heavy (non-hydrogen) atoms. The summed E-state index contributed by atoms with van der Waals surface area (Å²) in [6, 6.07) is 0. The molecule has 2 heteroatoms. The maximum atomic E-state index is 11.7. The number of rotatable bonds is 0. The molecule has 0 amide bonds. The lowest BCUT2D eigenvalue weighted by Crippen LogP contribution is -2.32. The first-order valence-electron chi connectivity index (χ1n) is 4.40. The second kappa shape index (κ2) is 1.66. The zero-order chi connectivity index (χ0) is 9.31. The Kier molecular flexibility index (Phi) is 1.10. The lowest BCUT2D eigenvalue weighted by atomic mass is 9.80. The van der Waals surface area contributed by atoms with Crippen molar-refractivity contribution in [2.24, 2.45) is 22.7 Å². The van der Waals surface area contributed by atoms with Crippen molar-refractivity contribution < 1.29 is 9.59 Å². The molecule has 2 atom stereocenters. The van der Waals surface area contributed by atoms with Crippen molar-refractivity contribution in [3.05, 3.63) is 0 Å². The average molecular weight is 166 g/mol. The van der Waals surface area contributed by atoms with Crippen LogP contribution in [-0.4, -0.2) is 11.6 Å². The molecule has 2 saturated carbocycles. The summed E-state index contributed by atoms with van der Waals surface area (Å²) in [6.07, 6.45) is 0. The van der Waals surface area contributed by atoms with Crippen molar-refractivity contribution in [1.29, 1.82) is 0 Å². The number of hydrogen-bond donors (Lipinski definition) is 0. The van der Waals surface area contributed by atoms with E-state index in [0.29, 0.717) is 0 Å². The molecule has 0 saturated heterocycles. The van der Waals surface area contributed by atoms with Gasteiger partial charge in [-0.05, 0) is 19.3 Å². The monoisotopic (exact) mass is 166 g/mol. The summed E-state index contributed by atoms with van der Waals surface area (Å²) in [5.41, 5.74) is -0.728. The van der Waals surface area contributed by atoms with Gasteiger partial charge in [0, 0.05) is 11.8 Å². The van der Waals surface area contributed by atoms with Gasteiger partial charge in [-0.25, -0.2) is 0 Å². The minimum absolute atomic E-state index is 0.0278. The van der Waals surface area contributed by atoms with Crippen molar-refractivity contribution in [3.8, 4) is 0 Å². The summed E-state index contributed by atoms with van der Waals surface area (Å²) in [7, 11) is 0. The average Bonchev–Trinajstić information content (AvgIpc) is 2.42. The SMILES string of the molecule is CC1(C)C(=O)[C@@H]2[C@H](C1=O)C2(C)C. The second-order valence-corrected chi connectivity index (χ2v) is 5.13. The fourth-order valence-electron chi connectivity index (χ4n) is 2.52. The highest BCUT2D eigenvalue weighted by molar-refractivity contribution is 6.19. The first-order chi connectivity index (χ1) is 5.31. The molecule has 66 valence electrons. The fraction of sp³-hybridized carbons (Fsp3) is 0.800. The van der Waals surface area contributed by atoms with Crippen LogP contribution in [0.4, 0.5) is 0 Å². The number of hydrogen-bond acceptors (Lipinski definition) is 2. The Labute approximate surface area is 72.3 Å². The molecule has 0 unspecified atom stereocenters. The lowest BCUT2D eigenvalue weighted by Gasteiger charge is -2.20. The topological polar surface area (TPSA) is 34.1 Å². The summed E-state index contributed by atoms with van der Waals surface area (Å²) in [5.74, 6) is 0.366. The van der Waals surface area contributed by atoms with Crippen LogP contribution in [0.3, 0.4) is 0 Å². The van der Waals surface area contributed by atoms with Gasteiger partial charge in [0.1, 0.15) is 11.6 Å². The summed E-state index contributed by atoms with van der Waals surface area (Å²) < 4.78 is 0. The van der Waals surface area contributed by atoms with E-state index in [-0.39, 0.29) is 28.8 Å². The Morgan fingerprint density at radius 1 is 0.917 bits per heavy atom. The molecule has 2 aliphatic rings. The first-order valence-corrected chi connectivity index (χ1v) is 4.40. The number of Topliss-reactive ketones (excluding diaryl/α,β-unsaturated/α-hetero) is 2. The van der Waals surface area contributed by atoms with Gasteiger partial charge in [0.25, 0.3) is 0 Å². The van der Waals surface area contributed by atoms with Crippen molar-refractivity contribution in [2.75, 3.05) is 0 Å². The van der Waals surface area contributed by atoms with E-state index in [9.17, 15) is 9.59 Å². The van der Waals surface area contributed by atoms with Crippen LogP contribution in [0.2, 0.25) is 0 Å². The molecular weight excluding hydrogens is 152 g/mol. The standard InChI is InChI=1S/C10H14O2/c1-9(2)5-6(9)8(12)10(3,4)7(5)11/h5-6H,1-4H3/t5-,6+. The van der Waals surface area contributed by atoms with Crippen LogP contribution in [0.5, 0.6) is 0 Å². The quantitative estimate of drug-likeness (QED) is 0.510. The Hall–Kier alpha value is -0.660. The van der Waals surface area contributed by atoms with Gasteiger partial charge in [-0.2, -0.15) is 0 Å². The van der Waals surface area contributed by atoms with Crippen molar-refractivity contribution in [2.45, 2.75) is 27.7 Å². The predicted molar refractivity (Wildman–Crippen MR) is 44.6 cm³/mol. The minimum Gasteiger partial charge on any atom is -0.298 e. The molecule has 0 radical (unpaired) electrons. The van der Waals surface area contributed by atoms with Crippen LogP contribution < -0.4 is 0 Å². The zero-order valence-electron chi connectivity index (χ0n) is 7.97. The third kappa shape index (κ3) is 0.584. The molecule has 2 nitrogen and oxygen atoms in total. The van der Waals surface area contributed by atoms with E-state index < -0.39 is 5.41 Å². The van der Waals surface area contributed by atoms with E-state index in [0.717, 1.165) is 0 Å². The summed E-state index contributed by atoms with van der Waals surface area (Å²) in [4.78, 5) is 23.3. The molecule has 0 N–H and O–H groups in total. The van der Waals surface area contributed by atoms with Gasteiger partial charge in [0.15, 0.2) is 0 Å². The van der Waals surface area contributed by atoms with Gasteiger partial charge in [-0.1, -0.05) is 13.8 Å². The molecule has 0 spiro atoms. The molecule has 2 fully saturated rings. The maximum absolute atomic E-state index is 11.7. The largest absolute Gasteiger partial charge is 0.298 e. The van der Waals surface area contributed by atoms with Crippen LogP contribution in [0.1, 0.15) is 27.7 Å². The predicted octanol–water partition coefficient (Wildman–Crippen LogP) is 1.44. The molecule has 0 aromatic rings. The molecule has 2 aliphatic carbocycles. The molecular formula is C10H14O2. The number of carbonyl (C=O) groups is 2. The number of ketones is 2. The highest BCUT2D eigenvalue weighted by Crippen LogP contribution is 2.67. The van der Waals surface area contributed by atoms with E-state index in [1.165, 1.54) is 0 Å². The molecule has 0 heterocycles. The summed E-state index contributed by atoms with van der Waals surface area (Å²) in [6.45, 7) is 7.51. The Morgan fingerprint density at radius 2 is 1.25 bits per heavy atom. The van der Waals surface area contributed by atoms with Crippen molar-refractivity contribution >= 4 is 11.6 Å². The molecule has 0 aromatic heterocycles. The number of fused-ring (bicyclic) bond motifs is 1. The Balaban J connectivity index is 2.41. The Bertz CT molecular complexity index is 260. The van der Waals surface area contributed by atoms with E-state index in [1.807, 2.05) is 13.8 Å². The molecule has 2 rings (SSSR count). The minimum atomic E-state index is -0.690. The fourth-order valence-corrected chi connectivity index (χ4v) is 2.52. The van der Waals surface area contributed by atoms with Gasteiger partial charge in [-0.3, -0.25) is 9.59 Å². The smallest absolute Gasteiger partial charge is 0.150 e. The molecule has 0 aliphatic heterocycles. The molecule has 0 aromatic carbocycles. The first kappa shape index (κ1) is 7.96. The van der Waals surface area contributed by atoms with E-state index in [1.54, 1.807) is 13.8 Å². The summed E-state index contributed by atoms with van der Waals surface area (Å²) in [5, 5.41) is 0.